The molecule has 0 saturated heterocycles. The molecule has 0 amide bonds. The van der Waals surface area contributed by atoms with E-state index in [1.54, 1.807) is 12.1 Å². The third-order valence-corrected chi connectivity index (χ3v) is 7.89. The maximum absolute atomic E-state index is 13.2. The molecule has 0 bridgehead atoms. The van der Waals surface area contributed by atoms with Crippen molar-refractivity contribution in [3.05, 3.63) is 82.4 Å². The van der Waals surface area contributed by atoms with Crippen LogP contribution in [0.2, 0.25) is 5.02 Å². The van der Waals surface area contributed by atoms with E-state index in [1.807, 2.05) is 17.5 Å². The number of halogens is 2. The quantitative estimate of drug-likeness (QED) is 0.312. The third kappa shape index (κ3) is 4.40. The van der Waals surface area contributed by atoms with Gasteiger partial charge >= 0.3 is 0 Å². The molecule has 148 valence electrons. The number of aromatic nitrogens is 1. The van der Waals surface area contributed by atoms with Gasteiger partial charge in [-0.05, 0) is 53.4 Å². The molecule has 9 heteroatoms. The van der Waals surface area contributed by atoms with Crippen molar-refractivity contribution in [1.29, 1.82) is 0 Å². The third-order valence-electron chi connectivity index (χ3n) is 3.96. The van der Waals surface area contributed by atoms with E-state index in [9.17, 15) is 12.8 Å². The minimum Gasteiger partial charge on any atom is -0.428 e. The van der Waals surface area contributed by atoms with E-state index >= 15 is 0 Å². The highest BCUT2D eigenvalue weighted by Gasteiger charge is 2.29. The molecule has 4 rings (SSSR count). The SMILES string of the molecule is O=S(=O)(c1ccc(Cl)cc1)c1nc(-c2cccs2)oc1SCc1ccc(F)cc1. The summed E-state index contributed by atoms with van der Waals surface area (Å²) >= 11 is 8.48. The largest absolute Gasteiger partial charge is 0.428 e. The van der Waals surface area contributed by atoms with Gasteiger partial charge in [-0.25, -0.2) is 12.8 Å². The average Bonchev–Trinajstić information content (AvgIpc) is 3.38. The summed E-state index contributed by atoms with van der Waals surface area (Å²) in [4.78, 5) is 5.10. The molecular weight excluding hydrogens is 453 g/mol. The highest BCUT2D eigenvalue weighted by Crippen LogP contribution is 2.37. The molecule has 2 heterocycles. The first-order valence-electron chi connectivity index (χ1n) is 8.36. The normalized spacial score (nSPS) is 11.7. The zero-order valence-corrected chi connectivity index (χ0v) is 17.9. The summed E-state index contributed by atoms with van der Waals surface area (Å²) in [6.45, 7) is 0. The van der Waals surface area contributed by atoms with E-state index in [0.29, 0.717) is 10.8 Å². The van der Waals surface area contributed by atoms with Crippen molar-refractivity contribution in [3.8, 4) is 10.8 Å². The molecule has 0 radical (unpaired) electrons. The van der Waals surface area contributed by atoms with E-state index in [2.05, 4.69) is 4.98 Å². The molecule has 0 unspecified atom stereocenters. The van der Waals surface area contributed by atoms with Crippen molar-refractivity contribution in [3.63, 3.8) is 0 Å². The van der Waals surface area contributed by atoms with Crippen LogP contribution in [0.15, 0.2) is 85.5 Å². The number of oxazole rings is 1. The Labute approximate surface area is 180 Å². The first kappa shape index (κ1) is 20.2. The number of rotatable bonds is 6. The molecule has 0 fully saturated rings. The van der Waals surface area contributed by atoms with Crippen LogP contribution in [0.1, 0.15) is 5.56 Å². The number of hydrogen-bond acceptors (Lipinski definition) is 6. The maximum Gasteiger partial charge on any atom is 0.238 e. The number of sulfone groups is 1. The Hall–Kier alpha value is -2.13. The van der Waals surface area contributed by atoms with Crippen LogP contribution in [0.3, 0.4) is 0 Å². The number of hydrogen-bond donors (Lipinski definition) is 0. The summed E-state index contributed by atoms with van der Waals surface area (Å²) in [6.07, 6.45) is 0. The molecule has 4 nitrogen and oxygen atoms in total. The topological polar surface area (TPSA) is 60.2 Å². The standard InChI is InChI=1S/C20H13ClFNO3S3/c21-14-5-9-16(10-6-14)29(24,25)19-20(26-18(23-19)17-2-1-11-27-17)28-12-13-3-7-15(22)8-4-13/h1-11H,12H2. The minimum atomic E-state index is -3.91. The van der Waals surface area contributed by atoms with E-state index in [1.165, 1.54) is 59.5 Å². The Balaban J connectivity index is 1.73. The first-order chi connectivity index (χ1) is 13.9. The Morgan fingerprint density at radius 3 is 2.45 bits per heavy atom. The molecule has 0 aliphatic heterocycles. The Morgan fingerprint density at radius 1 is 1.07 bits per heavy atom. The van der Waals surface area contributed by atoms with Crippen LogP contribution in [-0.4, -0.2) is 13.4 Å². The number of thioether (sulfide) groups is 1. The van der Waals surface area contributed by atoms with Gasteiger partial charge in [0.2, 0.25) is 25.8 Å². The molecule has 2 aromatic heterocycles. The second-order valence-corrected chi connectivity index (χ2v) is 10.2. The van der Waals surface area contributed by atoms with Crippen molar-refractivity contribution < 1.29 is 17.2 Å². The lowest BCUT2D eigenvalue weighted by atomic mass is 10.2. The predicted octanol–water partition coefficient (Wildman–Crippen LogP) is 6.32. The van der Waals surface area contributed by atoms with Gasteiger partial charge in [-0.3, -0.25) is 0 Å². The molecule has 0 saturated carbocycles. The van der Waals surface area contributed by atoms with Gasteiger partial charge in [-0.1, -0.05) is 41.6 Å². The second-order valence-electron chi connectivity index (χ2n) is 5.96. The van der Waals surface area contributed by atoms with Crippen LogP contribution < -0.4 is 0 Å². The lowest BCUT2D eigenvalue weighted by Gasteiger charge is -2.04. The van der Waals surface area contributed by atoms with Gasteiger partial charge in [0.05, 0.1) is 9.77 Å². The summed E-state index contributed by atoms with van der Waals surface area (Å²) < 4.78 is 45.3. The van der Waals surface area contributed by atoms with Crippen molar-refractivity contribution in [2.45, 2.75) is 20.8 Å². The van der Waals surface area contributed by atoms with Crippen molar-refractivity contribution in [2.75, 3.05) is 0 Å². The van der Waals surface area contributed by atoms with Crippen LogP contribution in [-0.2, 0) is 15.6 Å². The van der Waals surface area contributed by atoms with E-state index in [4.69, 9.17) is 16.0 Å². The van der Waals surface area contributed by atoms with Gasteiger partial charge in [0.25, 0.3) is 0 Å². The van der Waals surface area contributed by atoms with Crippen LogP contribution in [0.4, 0.5) is 4.39 Å². The van der Waals surface area contributed by atoms with Gasteiger partial charge < -0.3 is 4.42 Å². The summed E-state index contributed by atoms with van der Waals surface area (Å²) in [6, 6.07) is 15.6. The maximum atomic E-state index is 13.2. The fraction of sp³-hybridized carbons (Fsp3) is 0.0500. The Morgan fingerprint density at radius 2 is 1.79 bits per heavy atom. The molecule has 0 aliphatic rings. The van der Waals surface area contributed by atoms with Crippen molar-refractivity contribution >= 4 is 44.5 Å². The molecule has 0 atom stereocenters. The van der Waals surface area contributed by atoms with Crippen LogP contribution in [0.5, 0.6) is 0 Å². The lowest BCUT2D eigenvalue weighted by Crippen LogP contribution is -2.03. The van der Waals surface area contributed by atoms with Crippen LogP contribution >= 0.6 is 34.7 Å². The van der Waals surface area contributed by atoms with Crippen molar-refractivity contribution in [2.24, 2.45) is 0 Å². The summed E-state index contributed by atoms with van der Waals surface area (Å²) in [5.41, 5.74) is 0.834. The molecule has 0 spiro atoms. The zero-order valence-electron chi connectivity index (χ0n) is 14.7. The number of benzene rings is 2. The molecule has 4 aromatic rings. The first-order valence-corrected chi connectivity index (χ1v) is 12.1. The van der Waals surface area contributed by atoms with Crippen LogP contribution in [0, 0.1) is 5.82 Å². The molecule has 0 N–H and O–H groups in total. The van der Waals surface area contributed by atoms with E-state index in [0.717, 1.165) is 10.4 Å². The van der Waals surface area contributed by atoms with Gasteiger partial charge in [0.15, 0.2) is 0 Å². The van der Waals surface area contributed by atoms with Gasteiger partial charge in [0, 0.05) is 10.8 Å². The average molecular weight is 466 g/mol. The molecule has 0 aliphatic carbocycles. The fourth-order valence-electron chi connectivity index (χ4n) is 2.51. The predicted molar refractivity (Wildman–Crippen MR) is 113 cm³/mol. The summed E-state index contributed by atoms with van der Waals surface area (Å²) in [7, 11) is -3.91. The number of nitrogens with zero attached hydrogens (tertiary/aromatic N) is 1. The molecular formula is C20H13ClFNO3S3. The summed E-state index contributed by atoms with van der Waals surface area (Å²) in [5, 5.41) is 2.34. The van der Waals surface area contributed by atoms with Gasteiger partial charge in [-0.15, -0.1) is 11.3 Å². The molecule has 29 heavy (non-hydrogen) atoms. The highest BCUT2D eigenvalue weighted by atomic mass is 35.5. The Kier molecular flexibility index (Phi) is 5.78. The fourth-order valence-corrected chi connectivity index (χ4v) is 5.77. The second kappa shape index (κ2) is 8.31. The van der Waals surface area contributed by atoms with E-state index in [-0.39, 0.29) is 26.7 Å². The van der Waals surface area contributed by atoms with E-state index < -0.39 is 9.84 Å². The summed E-state index contributed by atoms with van der Waals surface area (Å²) in [5.74, 6) is 0.321. The smallest absolute Gasteiger partial charge is 0.238 e. The van der Waals surface area contributed by atoms with Gasteiger partial charge in [-0.2, -0.15) is 4.98 Å². The lowest BCUT2D eigenvalue weighted by molar-refractivity contribution is 0.471. The van der Waals surface area contributed by atoms with Crippen LogP contribution in [0.25, 0.3) is 10.8 Å². The minimum absolute atomic E-state index is 0.0801. The Bertz CT molecular complexity index is 1220. The zero-order chi connectivity index (χ0) is 20.4. The number of thiophene rings is 1. The monoisotopic (exact) mass is 465 g/mol. The van der Waals surface area contributed by atoms with Crippen molar-refractivity contribution in [1.82, 2.24) is 4.98 Å². The highest BCUT2D eigenvalue weighted by molar-refractivity contribution is 7.99. The molecule has 2 aromatic carbocycles. The van der Waals surface area contributed by atoms with Gasteiger partial charge in [0.1, 0.15) is 5.82 Å².